The molecule has 0 fully saturated rings. The van der Waals surface area contributed by atoms with Crippen LogP contribution in [0, 0.1) is 13.8 Å². The van der Waals surface area contributed by atoms with E-state index >= 15 is 0 Å². The van der Waals surface area contributed by atoms with Crippen LogP contribution in [0.5, 0.6) is 5.75 Å². The standard InChI is InChI=1S/C23H29NO2/c1-15-12-13-20(14-16(15)2)17(3)24-23(25)18(4)26-22-11-7-9-19-8-5-6-10-21(19)22/h7,9,11-14,17-18H,5-6,8,10H2,1-4H3,(H,24,25)/t17-,18+/m0/s1. The fourth-order valence-electron chi connectivity index (χ4n) is 3.55. The van der Waals surface area contributed by atoms with E-state index in [9.17, 15) is 4.79 Å². The second-order valence-electron chi connectivity index (χ2n) is 7.43. The molecule has 138 valence electrons. The molecular formula is C23H29NO2. The Kier molecular flexibility index (Phi) is 5.65. The summed E-state index contributed by atoms with van der Waals surface area (Å²) in [5.74, 6) is 0.785. The van der Waals surface area contributed by atoms with Crippen LogP contribution in [0.4, 0.5) is 0 Å². The molecular weight excluding hydrogens is 322 g/mol. The van der Waals surface area contributed by atoms with Crippen LogP contribution < -0.4 is 10.1 Å². The van der Waals surface area contributed by atoms with Crippen molar-refractivity contribution in [1.29, 1.82) is 0 Å². The topological polar surface area (TPSA) is 38.3 Å². The molecule has 1 aliphatic carbocycles. The summed E-state index contributed by atoms with van der Waals surface area (Å²) in [6.45, 7) is 8.03. The fourth-order valence-corrected chi connectivity index (χ4v) is 3.55. The number of rotatable bonds is 5. The molecule has 3 nitrogen and oxygen atoms in total. The van der Waals surface area contributed by atoms with Crippen LogP contribution in [0.1, 0.15) is 60.5 Å². The van der Waals surface area contributed by atoms with Crippen LogP contribution in [-0.4, -0.2) is 12.0 Å². The Hall–Kier alpha value is -2.29. The first-order valence-corrected chi connectivity index (χ1v) is 9.60. The molecule has 3 heteroatoms. The molecule has 0 spiro atoms. The van der Waals surface area contributed by atoms with Crippen LogP contribution in [0.15, 0.2) is 36.4 Å². The van der Waals surface area contributed by atoms with Gasteiger partial charge in [0, 0.05) is 0 Å². The lowest BCUT2D eigenvalue weighted by molar-refractivity contribution is -0.127. The fraction of sp³-hybridized carbons (Fsp3) is 0.435. The lowest BCUT2D eigenvalue weighted by atomic mass is 9.91. The van der Waals surface area contributed by atoms with Crippen molar-refractivity contribution in [2.75, 3.05) is 0 Å². The van der Waals surface area contributed by atoms with Gasteiger partial charge in [-0.15, -0.1) is 0 Å². The summed E-state index contributed by atoms with van der Waals surface area (Å²) >= 11 is 0. The molecule has 0 radical (unpaired) electrons. The molecule has 1 N–H and O–H groups in total. The van der Waals surface area contributed by atoms with Gasteiger partial charge in [0.05, 0.1) is 6.04 Å². The number of carbonyl (C=O) groups excluding carboxylic acids is 1. The summed E-state index contributed by atoms with van der Waals surface area (Å²) in [5.41, 5.74) is 6.26. The van der Waals surface area contributed by atoms with Gasteiger partial charge >= 0.3 is 0 Å². The van der Waals surface area contributed by atoms with E-state index < -0.39 is 6.10 Å². The smallest absolute Gasteiger partial charge is 0.261 e. The molecule has 0 aliphatic heterocycles. The molecule has 26 heavy (non-hydrogen) atoms. The Bertz CT molecular complexity index is 797. The van der Waals surface area contributed by atoms with Crippen molar-refractivity contribution in [3.63, 3.8) is 0 Å². The van der Waals surface area contributed by atoms with E-state index in [1.54, 1.807) is 0 Å². The zero-order valence-corrected chi connectivity index (χ0v) is 16.3. The van der Waals surface area contributed by atoms with Crippen LogP contribution >= 0.6 is 0 Å². The van der Waals surface area contributed by atoms with Gasteiger partial charge < -0.3 is 10.1 Å². The number of ether oxygens (including phenoxy) is 1. The number of nitrogens with one attached hydrogen (secondary N) is 1. The minimum atomic E-state index is -0.516. The maximum Gasteiger partial charge on any atom is 0.261 e. The summed E-state index contributed by atoms with van der Waals surface area (Å²) in [6, 6.07) is 12.5. The van der Waals surface area contributed by atoms with Crippen LogP contribution in [0.3, 0.4) is 0 Å². The van der Waals surface area contributed by atoms with E-state index in [1.807, 2.05) is 26.0 Å². The lowest BCUT2D eigenvalue weighted by Gasteiger charge is -2.23. The molecule has 0 heterocycles. The van der Waals surface area contributed by atoms with E-state index in [4.69, 9.17) is 4.74 Å². The van der Waals surface area contributed by atoms with E-state index in [0.717, 1.165) is 24.2 Å². The first kappa shape index (κ1) is 18.5. The molecule has 2 aromatic rings. The maximum absolute atomic E-state index is 12.6. The van der Waals surface area contributed by atoms with Crippen LogP contribution in [-0.2, 0) is 17.6 Å². The molecule has 1 aliphatic rings. The third kappa shape index (κ3) is 4.09. The average Bonchev–Trinajstić information content (AvgIpc) is 2.64. The Labute approximate surface area is 156 Å². The number of aryl methyl sites for hydroxylation is 3. The SMILES string of the molecule is Cc1ccc([C@H](C)NC(=O)[C@@H](C)Oc2cccc3c2CCCC3)cc1C. The highest BCUT2D eigenvalue weighted by Gasteiger charge is 2.21. The van der Waals surface area contributed by atoms with Crippen molar-refractivity contribution in [3.05, 3.63) is 64.2 Å². The minimum Gasteiger partial charge on any atom is -0.481 e. The summed E-state index contributed by atoms with van der Waals surface area (Å²) in [6.07, 6.45) is 4.06. The predicted molar refractivity (Wildman–Crippen MR) is 106 cm³/mol. The molecule has 3 rings (SSSR count). The van der Waals surface area contributed by atoms with Crippen molar-refractivity contribution in [2.45, 2.75) is 65.5 Å². The van der Waals surface area contributed by atoms with E-state index in [0.29, 0.717) is 0 Å². The largest absolute Gasteiger partial charge is 0.481 e. The Morgan fingerprint density at radius 2 is 1.81 bits per heavy atom. The molecule has 0 aromatic heterocycles. The highest BCUT2D eigenvalue weighted by Crippen LogP contribution is 2.30. The van der Waals surface area contributed by atoms with Crippen LogP contribution in [0.2, 0.25) is 0 Å². The molecule has 2 aromatic carbocycles. The second kappa shape index (κ2) is 7.94. The predicted octanol–water partition coefficient (Wildman–Crippen LogP) is 4.83. The van der Waals surface area contributed by atoms with Gasteiger partial charge in [-0.3, -0.25) is 4.79 Å². The van der Waals surface area contributed by atoms with Gasteiger partial charge in [-0.2, -0.15) is 0 Å². The van der Waals surface area contributed by atoms with E-state index in [-0.39, 0.29) is 11.9 Å². The van der Waals surface area contributed by atoms with Gasteiger partial charge in [-0.25, -0.2) is 0 Å². The summed E-state index contributed by atoms with van der Waals surface area (Å²) < 4.78 is 6.04. The van der Waals surface area contributed by atoms with Crippen molar-refractivity contribution >= 4 is 5.91 Å². The van der Waals surface area contributed by atoms with Crippen molar-refractivity contribution in [3.8, 4) is 5.75 Å². The van der Waals surface area contributed by atoms with Crippen molar-refractivity contribution in [2.24, 2.45) is 0 Å². The van der Waals surface area contributed by atoms with E-state index in [2.05, 4.69) is 43.4 Å². The van der Waals surface area contributed by atoms with Gasteiger partial charge in [0.15, 0.2) is 6.10 Å². The summed E-state index contributed by atoms with van der Waals surface area (Å²) in [7, 11) is 0. The minimum absolute atomic E-state index is 0.0439. The number of carbonyl (C=O) groups is 1. The molecule has 0 bridgehead atoms. The number of fused-ring (bicyclic) bond motifs is 1. The van der Waals surface area contributed by atoms with Gasteiger partial charge in [0.25, 0.3) is 5.91 Å². The number of hydrogen-bond acceptors (Lipinski definition) is 2. The number of hydrogen-bond donors (Lipinski definition) is 1. The highest BCUT2D eigenvalue weighted by molar-refractivity contribution is 5.81. The normalized spacial score (nSPS) is 15.7. The monoisotopic (exact) mass is 351 g/mol. The van der Waals surface area contributed by atoms with Gasteiger partial charge in [0.1, 0.15) is 5.75 Å². The van der Waals surface area contributed by atoms with Gasteiger partial charge in [-0.05, 0) is 87.3 Å². The Morgan fingerprint density at radius 1 is 1.04 bits per heavy atom. The quantitative estimate of drug-likeness (QED) is 0.838. The van der Waals surface area contributed by atoms with E-state index in [1.165, 1.54) is 35.1 Å². The first-order valence-electron chi connectivity index (χ1n) is 9.60. The lowest BCUT2D eigenvalue weighted by Crippen LogP contribution is -2.38. The zero-order chi connectivity index (χ0) is 18.7. The second-order valence-corrected chi connectivity index (χ2v) is 7.43. The molecule has 1 amide bonds. The first-order chi connectivity index (χ1) is 12.5. The molecule has 0 saturated heterocycles. The molecule has 0 saturated carbocycles. The Morgan fingerprint density at radius 3 is 2.58 bits per heavy atom. The summed E-state index contributed by atoms with van der Waals surface area (Å²) in [5, 5.41) is 3.08. The van der Waals surface area contributed by atoms with Crippen LogP contribution in [0.25, 0.3) is 0 Å². The Balaban J connectivity index is 1.65. The van der Waals surface area contributed by atoms with Gasteiger partial charge in [-0.1, -0.05) is 30.3 Å². The number of benzene rings is 2. The summed E-state index contributed by atoms with van der Waals surface area (Å²) in [4.78, 5) is 12.6. The third-order valence-electron chi connectivity index (χ3n) is 5.42. The highest BCUT2D eigenvalue weighted by atomic mass is 16.5. The van der Waals surface area contributed by atoms with Gasteiger partial charge in [0.2, 0.25) is 0 Å². The molecule has 0 unspecified atom stereocenters. The number of amides is 1. The van der Waals surface area contributed by atoms with Crippen molar-refractivity contribution in [1.82, 2.24) is 5.32 Å². The average molecular weight is 351 g/mol. The zero-order valence-electron chi connectivity index (χ0n) is 16.3. The molecule has 2 atom stereocenters. The van der Waals surface area contributed by atoms with Crippen molar-refractivity contribution < 1.29 is 9.53 Å². The maximum atomic E-state index is 12.6. The third-order valence-corrected chi connectivity index (χ3v) is 5.42.